The van der Waals surface area contributed by atoms with Gasteiger partial charge < -0.3 is 10.2 Å². The Morgan fingerprint density at radius 1 is 1.53 bits per heavy atom. The molecule has 2 aromatic heterocycles. The number of furan rings is 1. The lowest BCUT2D eigenvalue weighted by atomic mass is 10.3. The highest BCUT2D eigenvalue weighted by atomic mass is 127. The number of nitrogen functional groups attached to an aromatic ring is 1. The molecule has 0 amide bonds. The van der Waals surface area contributed by atoms with E-state index in [0.717, 1.165) is 20.6 Å². The molecule has 4 nitrogen and oxygen atoms in total. The molecule has 0 radical (unpaired) electrons. The van der Waals surface area contributed by atoms with E-state index in [0.29, 0.717) is 12.4 Å². The number of nitrogens with two attached hydrogens (primary N) is 1. The number of rotatable bonds is 2. The van der Waals surface area contributed by atoms with E-state index in [-0.39, 0.29) is 0 Å². The number of aryl methyl sites for hydroxylation is 2. The van der Waals surface area contributed by atoms with E-state index in [4.69, 9.17) is 10.2 Å². The zero-order valence-corrected chi connectivity index (χ0v) is 10.8. The first-order valence-electron chi connectivity index (χ1n) is 4.61. The summed E-state index contributed by atoms with van der Waals surface area (Å²) in [4.78, 5) is 0. The Labute approximate surface area is 102 Å². The monoisotopic (exact) mass is 317 g/mol. The minimum Gasteiger partial charge on any atom is -0.467 e. The third-order valence-corrected chi connectivity index (χ3v) is 3.69. The van der Waals surface area contributed by atoms with Gasteiger partial charge in [0.1, 0.15) is 18.1 Å². The number of hydrogen-bond donors (Lipinski definition) is 1. The van der Waals surface area contributed by atoms with Gasteiger partial charge in [-0.1, -0.05) is 0 Å². The van der Waals surface area contributed by atoms with Crippen LogP contribution in [0.25, 0.3) is 0 Å². The fourth-order valence-electron chi connectivity index (χ4n) is 1.40. The lowest BCUT2D eigenvalue weighted by Crippen LogP contribution is -2.06. The maximum absolute atomic E-state index is 5.92. The van der Waals surface area contributed by atoms with Gasteiger partial charge in [0.05, 0.1) is 15.5 Å². The second-order valence-electron chi connectivity index (χ2n) is 3.47. The van der Waals surface area contributed by atoms with Crippen LogP contribution in [0, 0.1) is 17.4 Å². The summed E-state index contributed by atoms with van der Waals surface area (Å²) in [5.74, 6) is 1.60. The van der Waals surface area contributed by atoms with Gasteiger partial charge in [-0.2, -0.15) is 5.10 Å². The van der Waals surface area contributed by atoms with E-state index in [1.54, 1.807) is 10.9 Å². The second kappa shape index (κ2) is 3.88. The molecule has 0 fully saturated rings. The molecule has 2 N–H and O–H groups in total. The van der Waals surface area contributed by atoms with Gasteiger partial charge in [-0.3, -0.25) is 0 Å². The first-order valence-corrected chi connectivity index (χ1v) is 5.69. The Morgan fingerprint density at radius 3 is 2.73 bits per heavy atom. The van der Waals surface area contributed by atoms with Gasteiger partial charge in [-0.05, 0) is 48.1 Å². The lowest BCUT2D eigenvalue weighted by molar-refractivity contribution is 0.478. The molecule has 2 aromatic rings. The van der Waals surface area contributed by atoms with E-state index in [1.165, 1.54) is 0 Å². The number of aromatic nitrogens is 2. The van der Waals surface area contributed by atoms with Crippen molar-refractivity contribution in [1.29, 1.82) is 0 Å². The van der Waals surface area contributed by atoms with E-state index in [9.17, 15) is 0 Å². The molecule has 0 aliphatic heterocycles. The summed E-state index contributed by atoms with van der Waals surface area (Å²) < 4.78 is 8.13. The van der Waals surface area contributed by atoms with Crippen LogP contribution in [0.4, 0.5) is 5.82 Å². The van der Waals surface area contributed by atoms with E-state index in [1.807, 2.05) is 19.9 Å². The standard InChI is InChI=1S/C10H12IN3O/c1-6-3-4-15-8(6)5-14-10(12)9(11)7(2)13-14/h3-4H,5,12H2,1-2H3. The Hall–Kier alpha value is -0.980. The van der Waals surface area contributed by atoms with Crippen molar-refractivity contribution in [3.05, 3.63) is 32.9 Å². The van der Waals surface area contributed by atoms with Crippen molar-refractivity contribution in [2.75, 3.05) is 5.73 Å². The molecule has 0 saturated heterocycles. The van der Waals surface area contributed by atoms with Gasteiger partial charge in [0.15, 0.2) is 0 Å². The third kappa shape index (κ3) is 1.88. The highest BCUT2D eigenvalue weighted by molar-refractivity contribution is 14.1. The molecule has 2 heterocycles. The molecular formula is C10H12IN3O. The van der Waals surface area contributed by atoms with Crippen LogP contribution in [0.1, 0.15) is 17.0 Å². The van der Waals surface area contributed by atoms with Gasteiger partial charge in [0, 0.05) is 0 Å². The number of halogens is 1. The minimum atomic E-state index is 0.592. The molecule has 0 aromatic carbocycles. The largest absolute Gasteiger partial charge is 0.467 e. The Morgan fingerprint density at radius 2 is 2.27 bits per heavy atom. The zero-order valence-electron chi connectivity index (χ0n) is 8.62. The fraction of sp³-hybridized carbons (Fsp3) is 0.300. The van der Waals surface area contributed by atoms with Crippen LogP contribution in [0.5, 0.6) is 0 Å². The van der Waals surface area contributed by atoms with Crippen molar-refractivity contribution in [3.63, 3.8) is 0 Å². The molecule has 0 spiro atoms. The molecule has 5 heteroatoms. The van der Waals surface area contributed by atoms with Crippen LogP contribution in [0.15, 0.2) is 16.7 Å². The molecule has 0 unspecified atom stereocenters. The summed E-state index contributed by atoms with van der Waals surface area (Å²) >= 11 is 2.20. The van der Waals surface area contributed by atoms with E-state index in [2.05, 4.69) is 27.7 Å². The van der Waals surface area contributed by atoms with E-state index < -0.39 is 0 Å². The molecule has 15 heavy (non-hydrogen) atoms. The highest BCUT2D eigenvalue weighted by Crippen LogP contribution is 2.20. The second-order valence-corrected chi connectivity index (χ2v) is 4.55. The average molecular weight is 317 g/mol. The molecule has 0 aliphatic carbocycles. The Bertz CT molecular complexity index is 487. The van der Waals surface area contributed by atoms with Crippen molar-refractivity contribution in [3.8, 4) is 0 Å². The van der Waals surface area contributed by atoms with E-state index >= 15 is 0 Å². The van der Waals surface area contributed by atoms with Crippen molar-refractivity contribution in [2.24, 2.45) is 0 Å². The van der Waals surface area contributed by atoms with Gasteiger partial charge in [0.2, 0.25) is 0 Å². The Balaban J connectivity index is 2.33. The van der Waals surface area contributed by atoms with Crippen LogP contribution in [0.3, 0.4) is 0 Å². The number of hydrogen-bond acceptors (Lipinski definition) is 3. The van der Waals surface area contributed by atoms with Crippen LogP contribution in [0.2, 0.25) is 0 Å². The maximum Gasteiger partial charge on any atom is 0.136 e. The lowest BCUT2D eigenvalue weighted by Gasteiger charge is -2.02. The Kier molecular flexibility index (Phi) is 2.72. The maximum atomic E-state index is 5.92. The average Bonchev–Trinajstić information content (AvgIpc) is 2.69. The van der Waals surface area contributed by atoms with Crippen molar-refractivity contribution >= 4 is 28.4 Å². The van der Waals surface area contributed by atoms with Crippen molar-refractivity contribution < 1.29 is 4.42 Å². The number of anilines is 1. The number of nitrogens with zero attached hydrogens (tertiary/aromatic N) is 2. The first-order chi connectivity index (χ1) is 7.09. The molecule has 0 bridgehead atoms. The minimum absolute atomic E-state index is 0.592. The summed E-state index contributed by atoms with van der Waals surface area (Å²) in [7, 11) is 0. The molecule has 80 valence electrons. The molecule has 2 rings (SSSR count). The third-order valence-electron chi connectivity index (χ3n) is 2.35. The summed E-state index contributed by atoms with van der Waals surface area (Å²) in [6.45, 7) is 4.55. The fourth-order valence-corrected chi connectivity index (χ4v) is 1.79. The van der Waals surface area contributed by atoms with Gasteiger partial charge >= 0.3 is 0 Å². The van der Waals surface area contributed by atoms with Crippen molar-refractivity contribution in [1.82, 2.24) is 9.78 Å². The first kappa shape index (κ1) is 10.5. The van der Waals surface area contributed by atoms with Crippen LogP contribution in [-0.4, -0.2) is 9.78 Å². The van der Waals surface area contributed by atoms with Crippen LogP contribution in [-0.2, 0) is 6.54 Å². The summed E-state index contributed by atoms with van der Waals surface area (Å²) in [6, 6.07) is 1.94. The molecular weight excluding hydrogens is 305 g/mol. The summed E-state index contributed by atoms with van der Waals surface area (Å²) in [6.07, 6.45) is 1.68. The topological polar surface area (TPSA) is 57.0 Å². The molecule has 0 atom stereocenters. The summed E-state index contributed by atoms with van der Waals surface area (Å²) in [5, 5.41) is 4.35. The normalized spacial score (nSPS) is 10.9. The van der Waals surface area contributed by atoms with Crippen LogP contribution >= 0.6 is 22.6 Å². The smallest absolute Gasteiger partial charge is 0.136 e. The van der Waals surface area contributed by atoms with Gasteiger partial charge in [-0.15, -0.1) is 0 Å². The zero-order chi connectivity index (χ0) is 11.0. The highest BCUT2D eigenvalue weighted by Gasteiger charge is 2.11. The van der Waals surface area contributed by atoms with Crippen molar-refractivity contribution in [2.45, 2.75) is 20.4 Å². The van der Waals surface area contributed by atoms with Gasteiger partial charge in [0.25, 0.3) is 0 Å². The summed E-state index contributed by atoms with van der Waals surface area (Å²) in [5.41, 5.74) is 8.00. The predicted molar refractivity (Wildman–Crippen MR) is 66.6 cm³/mol. The molecule has 0 saturated carbocycles. The van der Waals surface area contributed by atoms with Gasteiger partial charge in [-0.25, -0.2) is 4.68 Å². The quantitative estimate of drug-likeness (QED) is 0.865. The van der Waals surface area contributed by atoms with Crippen LogP contribution < -0.4 is 5.73 Å². The molecule has 0 aliphatic rings. The predicted octanol–water partition coefficient (Wildman–Crippen LogP) is 2.33. The SMILES string of the molecule is Cc1ccoc1Cn1nc(C)c(I)c1N.